The molecule has 0 N–H and O–H groups in total. The molecule has 0 saturated carbocycles. The SMILES string of the molecule is CCC(C)c1ccc(OC(C)OCCOC(C)c2ccc3ccccc3c2)cc1. The van der Waals surface area contributed by atoms with Gasteiger partial charge in [0.2, 0.25) is 0 Å². The van der Waals surface area contributed by atoms with Crippen LogP contribution in [-0.2, 0) is 9.47 Å². The smallest absolute Gasteiger partial charge is 0.197 e. The minimum absolute atomic E-state index is 0.0209. The van der Waals surface area contributed by atoms with E-state index in [1.165, 1.54) is 21.9 Å². The van der Waals surface area contributed by atoms with Crippen molar-refractivity contribution in [3.63, 3.8) is 0 Å². The summed E-state index contributed by atoms with van der Waals surface area (Å²) < 4.78 is 17.6. The second-order valence-electron chi connectivity index (χ2n) is 7.55. The van der Waals surface area contributed by atoms with Crippen LogP contribution in [0.4, 0.5) is 0 Å². The molecule has 3 aromatic carbocycles. The summed E-state index contributed by atoms with van der Waals surface area (Å²) in [6.45, 7) is 9.44. The lowest BCUT2D eigenvalue weighted by Crippen LogP contribution is -2.19. The standard InChI is InChI=1S/C26H32O3/c1-5-19(2)22-12-14-26(15-13-22)29-21(4)28-17-16-27-20(3)24-11-10-23-8-6-7-9-25(23)18-24/h6-15,18-21H,5,16-17H2,1-4H3. The zero-order valence-corrected chi connectivity index (χ0v) is 17.9. The van der Waals surface area contributed by atoms with E-state index >= 15 is 0 Å². The quantitative estimate of drug-likeness (QED) is 0.278. The lowest BCUT2D eigenvalue weighted by atomic mass is 9.99. The van der Waals surface area contributed by atoms with Crippen LogP contribution in [0.5, 0.6) is 5.75 Å². The Kier molecular flexibility index (Phi) is 7.68. The predicted octanol–water partition coefficient (Wildman–Crippen LogP) is 6.87. The van der Waals surface area contributed by atoms with Crippen molar-refractivity contribution in [2.45, 2.75) is 52.4 Å². The van der Waals surface area contributed by atoms with E-state index < -0.39 is 0 Å². The molecule has 3 nitrogen and oxygen atoms in total. The van der Waals surface area contributed by atoms with E-state index in [1.54, 1.807) is 0 Å². The van der Waals surface area contributed by atoms with Crippen molar-refractivity contribution in [1.82, 2.24) is 0 Å². The molecule has 0 aliphatic heterocycles. The highest BCUT2D eigenvalue weighted by atomic mass is 16.7. The van der Waals surface area contributed by atoms with Gasteiger partial charge in [0.05, 0.1) is 19.3 Å². The number of benzene rings is 3. The van der Waals surface area contributed by atoms with Crippen LogP contribution in [0.2, 0.25) is 0 Å². The Morgan fingerprint density at radius 3 is 2.10 bits per heavy atom. The van der Waals surface area contributed by atoms with Crippen LogP contribution in [-0.4, -0.2) is 19.5 Å². The first-order valence-corrected chi connectivity index (χ1v) is 10.6. The summed E-state index contributed by atoms with van der Waals surface area (Å²) >= 11 is 0. The molecule has 29 heavy (non-hydrogen) atoms. The fourth-order valence-electron chi connectivity index (χ4n) is 3.33. The lowest BCUT2D eigenvalue weighted by Gasteiger charge is -2.18. The molecule has 3 unspecified atom stereocenters. The minimum atomic E-state index is -0.316. The van der Waals surface area contributed by atoms with Crippen molar-refractivity contribution >= 4 is 10.8 Å². The Hall–Kier alpha value is -2.36. The van der Waals surface area contributed by atoms with Gasteiger partial charge >= 0.3 is 0 Å². The molecule has 0 radical (unpaired) electrons. The van der Waals surface area contributed by atoms with E-state index in [1.807, 2.05) is 19.1 Å². The molecule has 3 aromatic rings. The van der Waals surface area contributed by atoms with E-state index in [0.29, 0.717) is 19.1 Å². The Morgan fingerprint density at radius 1 is 0.724 bits per heavy atom. The first kappa shape index (κ1) is 21.4. The number of ether oxygens (including phenoxy) is 3. The Balaban J connectivity index is 1.41. The maximum Gasteiger partial charge on any atom is 0.197 e. The third-order valence-corrected chi connectivity index (χ3v) is 5.41. The summed E-state index contributed by atoms with van der Waals surface area (Å²) in [5.41, 5.74) is 2.51. The van der Waals surface area contributed by atoms with Crippen LogP contribution >= 0.6 is 0 Å². The van der Waals surface area contributed by atoms with E-state index in [-0.39, 0.29) is 12.4 Å². The summed E-state index contributed by atoms with van der Waals surface area (Å²) in [6.07, 6.45) is 0.841. The van der Waals surface area contributed by atoms with Crippen LogP contribution in [0.3, 0.4) is 0 Å². The average molecular weight is 393 g/mol. The predicted molar refractivity (Wildman–Crippen MR) is 120 cm³/mol. The molecular weight excluding hydrogens is 360 g/mol. The Bertz CT molecular complexity index is 888. The summed E-state index contributed by atoms with van der Waals surface area (Å²) in [5, 5.41) is 2.48. The highest BCUT2D eigenvalue weighted by Gasteiger charge is 2.09. The molecule has 3 heteroatoms. The number of fused-ring (bicyclic) bond motifs is 1. The first-order chi connectivity index (χ1) is 14.1. The molecule has 3 atom stereocenters. The largest absolute Gasteiger partial charge is 0.465 e. The zero-order valence-electron chi connectivity index (χ0n) is 17.9. The highest BCUT2D eigenvalue weighted by Crippen LogP contribution is 2.23. The van der Waals surface area contributed by atoms with Crippen molar-refractivity contribution in [3.8, 4) is 5.75 Å². The normalized spacial score (nSPS) is 14.5. The molecule has 0 aromatic heterocycles. The molecule has 0 spiro atoms. The molecular formula is C26H32O3. The molecule has 0 saturated heterocycles. The monoisotopic (exact) mass is 392 g/mol. The van der Waals surface area contributed by atoms with Crippen LogP contribution < -0.4 is 4.74 Å². The molecule has 0 aliphatic rings. The number of hydrogen-bond donors (Lipinski definition) is 0. The van der Waals surface area contributed by atoms with E-state index in [9.17, 15) is 0 Å². The topological polar surface area (TPSA) is 27.7 Å². The lowest BCUT2D eigenvalue weighted by molar-refractivity contribution is -0.0903. The summed E-state index contributed by atoms with van der Waals surface area (Å²) in [5.74, 6) is 1.40. The molecule has 0 heterocycles. The second-order valence-corrected chi connectivity index (χ2v) is 7.55. The first-order valence-electron chi connectivity index (χ1n) is 10.6. The van der Waals surface area contributed by atoms with Gasteiger partial charge in [-0.05, 0) is 66.3 Å². The van der Waals surface area contributed by atoms with Gasteiger partial charge in [-0.3, -0.25) is 0 Å². The highest BCUT2D eigenvalue weighted by molar-refractivity contribution is 5.83. The molecule has 0 aliphatic carbocycles. The molecule has 3 rings (SSSR count). The molecule has 154 valence electrons. The fraction of sp³-hybridized carbons (Fsp3) is 0.385. The van der Waals surface area contributed by atoms with E-state index in [2.05, 4.69) is 75.4 Å². The van der Waals surface area contributed by atoms with Crippen LogP contribution in [0.15, 0.2) is 66.7 Å². The molecule has 0 bridgehead atoms. The van der Waals surface area contributed by atoms with E-state index in [4.69, 9.17) is 14.2 Å². The van der Waals surface area contributed by atoms with Crippen LogP contribution in [0.1, 0.15) is 57.3 Å². The van der Waals surface area contributed by atoms with Crippen molar-refractivity contribution in [2.24, 2.45) is 0 Å². The van der Waals surface area contributed by atoms with Gasteiger partial charge in [0.1, 0.15) is 5.75 Å². The summed E-state index contributed by atoms with van der Waals surface area (Å²) in [6, 6.07) is 23.1. The fourth-order valence-corrected chi connectivity index (χ4v) is 3.33. The van der Waals surface area contributed by atoms with Crippen molar-refractivity contribution in [2.75, 3.05) is 13.2 Å². The molecule has 0 fully saturated rings. The maximum atomic E-state index is 5.95. The van der Waals surface area contributed by atoms with Gasteiger partial charge in [-0.25, -0.2) is 0 Å². The van der Waals surface area contributed by atoms with Crippen molar-refractivity contribution in [3.05, 3.63) is 77.9 Å². The average Bonchev–Trinajstić information content (AvgIpc) is 2.76. The third-order valence-electron chi connectivity index (χ3n) is 5.41. The summed E-state index contributed by atoms with van der Waals surface area (Å²) in [7, 11) is 0. The Labute approximate surface area is 174 Å². The maximum absolute atomic E-state index is 5.95. The van der Waals surface area contributed by atoms with Gasteiger partial charge < -0.3 is 14.2 Å². The number of hydrogen-bond acceptors (Lipinski definition) is 3. The minimum Gasteiger partial charge on any atom is -0.465 e. The number of rotatable bonds is 10. The molecule has 0 amide bonds. The van der Waals surface area contributed by atoms with Gasteiger partial charge in [-0.2, -0.15) is 0 Å². The van der Waals surface area contributed by atoms with Gasteiger partial charge in [-0.15, -0.1) is 0 Å². The van der Waals surface area contributed by atoms with Gasteiger partial charge in [-0.1, -0.05) is 62.4 Å². The van der Waals surface area contributed by atoms with Gasteiger partial charge in [0.25, 0.3) is 0 Å². The third kappa shape index (κ3) is 6.06. The summed E-state index contributed by atoms with van der Waals surface area (Å²) in [4.78, 5) is 0. The van der Waals surface area contributed by atoms with Crippen molar-refractivity contribution < 1.29 is 14.2 Å². The van der Waals surface area contributed by atoms with Crippen LogP contribution in [0.25, 0.3) is 10.8 Å². The van der Waals surface area contributed by atoms with Gasteiger partial charge in [0.15, 0.2) is 6.29 Å². The zero-order chi connectivity index (χ0) is 20.6. The van der Waals surface area contributed by atoms with Gasteiger partial charge in [0, 0.05) is 0 Å². The van der Waals surface area contributed by atoms with E-state index in [0.717, 1.165) is 12.2 Å². The van der Waals surface area contributed by atoms with Crippen LogP contribution in [0, 0.1) is 0 Å². The Morgan fingerprint density at radius 2 is 1.38 bits per heavy atom. The van der Waals surface area contributed by atoms with Crippen molar-refractivity contribution in [1.29, 1.82) is 0 Å². The second kappa shape index (κ2) is 10.4.